The van der Waals surface area contributed by atoms with Gasteiger partial charge in [0.1, 0.15) is 16.4 Å². The van der Waals surface area contributed by atoms with E-state index in [-0.39, 0.29) is 17.2 Å². The Morgan fingerprint density at radius 3 is 2.52 bits per heavy atom. The second-order valence-corrected chi connectivity index (χ2v) is 7.45. The van der Waals surface area contributed by atoms with E-state index in [0.29, 0.717) is 23.6 Å². The van der Waals surface area contributed by atoms with Crippen LogP contribution in [0.1, 0.15) is 5.69 Å². The van der Waals surface area contributed by atoms with Crippen LogP contribution >= 0.6 is 0 Å². The van der Waals surface area contributed by atoms with Crippen molar-refractivity contribution in [1.82, 2.24) is 9.88 Å². The fourth-order valence-electron chi connectivity index (χ4n) is 2.55. The van der Waals surface area contributed by atoms with Crippen molar-refractivity contribution in [3.8, 4) is 22.8 Å². The average molecular weight is 388 g/mol. The molecule has 3 rings (SSSR count). The summed E-state index contributed by atoms with van der Waals surface area (Å²) in [6.45, 7) is 0.170. The molecule has 1 heterocycles. The third-order valence-corrected chi connectivity index (χ3v) is 5.43. The summed E-state index contributed by atoms with van der Waals surface area (Å²) in [6.07, 6.45) is 0.391. The van der Waals surface area contributed by atoms with Crippen molar-refractivity contribution in [2.75, 3.05) is 20.8 Å². The molecule has 0 spiro atoms. The van der Waals surface area contributed by atoms with Crippen molar-refractivity contribution in [3.63, 3.8) is 0 Å². The normalized spacial score (nSPS) is 11.3. The molecule has 0 radical (unpaired) electrons. The molecule has 3 aromatic rings. The highest BCUT2D eigenvalue weighted by Gasteiger charge is 2.20. The molecule has 0 saturated carbocycles. The number of ether oxygens (including phenoxy) is 2. The van der Waals surface area contributed by atoms with Crippen LogP contribution in [0, 0.1) is 0 Å². The summed E-state index contributed by atoms with van der Waals surface area (Å²) in [5.41, 5.74) is 1.58. The summed E-state index contributed by atoms with van der Waals surface area (Å²) in [5.74, 6) is 1.32. The minimum atomic E-state index is -3.76. The first-order valence-corrected chi connectivity index (χ1v) is 9.74. The van der Waals surface area contributed by atoms with Gasteiger partial charge in [-0.2, -0.15) is 0 Å². The quantitative estimate of drug-likeness (QED) is 0.638. The van der Waals surface area contributed by atoms with Gasteiger partial charge in [-0.05, 0) is 12.1 Å². The van der Waals surface area contributed by atoms with Crippen LogP contribution in [0.25, 0.3) is 11.3 Å². The van der Waals surface area contributed by atoms with Crippen LogP contribution in [0.4, 0.5) is 0 Å². The van der Waals surface area contributed by atoms with E-state index >= 15 is 0 Å². The molecular formula is C19H20N2O5S. The highest BCUT2D eigenvalue weighted by Crippen LogP contribution is 2.28. The molecular weight excluding hydrogens is 368 g/mol. The van der Waals surface area contributed by atoms with Gasteiger partial charge in [0.2, 0.25) is 10.0 Å². The number of sulfonamides is 1. The Kier molecular flexibility index (Phi) is 5.78. The van der Waals surface area contributed by atoms with Gasteiger partial charge in [-0.15, -0.1) is 0 Å². The Morgan fingerprint density at radius 2 is 1.81 bits per heavy atom. The van der Waals surface area contributed by atoms with Gasteiger partial charge in [0.25, 0.3) is 0 Å². The predicted molar refractivity (Wildman–Crippen MR) is 100 cm³/mol. The Bertz CT molecular complexity index is 1000. The Balaban J connectivity index is 1.67. The smallest absolute Gasteiger partial charge is 0.244 e. The molecule has 0 bridgehead atoms. The first-order valence-electron chi connectivity index (χ1n) is 8.26. The lowest BCUT2D eigenvalue weighted by molar-refractivity contribution is 0.392. The standard InChI is InChI=1S/C19H20N2O5S/c1-24-16-8-9-17(25-2)19(13-16)27(22,23)20-11-10-15-12-18(26-21-15)14-6-4-3-5-7-14/h3-9,12-13,20H,10-11H2,1-2H3. The van der Waals surface area contributed by atoms with Gasteiger partial charge < -0.3 is 14.0 Å². The Morgan fingerprint density at radius 1 is 1.04 bits per heavy atom. The van der Waals surface area contributed by atoms with Gasteiger partial charge in [-0.25, -0.2) is 13.1 Å². The summed E-state index contributed by atoms with van der Waals surface area (Å²) in [6, 6.07) is 16.0. The molecule has 0 aliphatic carbocycles. The maximum Gasteiger partial charge on any atom is 0.244 e. The molecule has 1 N–H and O–H groups in total. The van der Waals surface area contributed by atoms with Crippen LogP contribution < -0.4 is 14.2 Å². The van der Waals surface area contributed by atoms with Crippen LogP contribution in [0.2, 0.25) is 0 Å². The van der Waals surface area contributed by atoms with E-state index < -0.39 is 10.0 Å². The molecule has 0 amide bonds. The molecule has 142 valence electrons. The van der Waals surface area contributed by atoms with Gasteiger partial charge in [-0.1, -0.05) is 35.5 Å². The summed E-state index contributed by atoms with van der Waals surface area (Å²) >= 11 is 0. The van der Waals surface area contributed by atoms with E-state index in [2.05, 4.69) is 9.88 Å². The first-order chi connectivity index (χ1) is 13.0. The fraction of sp³-hybridized carbons (Fsp3) is 0.211. The fourth-order valence-corrected chi connectivity index (χ4v) is 3.77. The number of hydrogen-bond donors (Lipinski definition) is 1. The zero-order valence-corrected chi connectivity index (χ0v) is 15.8. The second-order valence-electron chi connectivity index (χ2n) is 5.71. The second kappa shape index (κ2) is 8.24. The van der Waals surface area contributed by atoms with Crippen molar-refractivity contribution in [3.05, 3.63) is 60.3 Å². The van der Waals surface area contributed by atoms with E-state index in [4.69, 9.17) is 14.0 Å². The van der Waals surface area contributed by atoms with Crippen molar-refractivity contribution >= 4 is 10.0 Å². The monoisotopic (exact) mass is 388 g/mol. The highest BCUT2D eigenvalue weighted by atomic mass is 32.2. The van der Waals surface area contributed by atoms with E-state index in [1.54, 1.807) is 18.2 Å². The Hall–Kier alpha value is -2.84. The van der Waals surface area contributed by atoms with Crippen LogP contribution in [0.5, 0.6) is 11.5 Å². The molecule has 0 aliphatic rings. The summed E-state index contributed by atoms with van der Waals surface area (Å²) in [5, 5.41) is 3.99. The van der Waals surface area contributed by atoms with E-state index in [0.717, 1.165) is 5.56 Å². The third kappa shape index (κ3) is 4.47. The average Bonchev–Trinajstić information content (AvgIpc) is 3.17. The number of benzene rings is 2. The maximum atomic E-state index is 12.6. The number of nitrogens with zero attached hydrogens (tertiary/aromatic N) is 1. The van der Waals surface area contributed by atoms with Gasteiger partial charge in [0.05, 0.1) is 19.9 Å². The van der Waals surface area contributed by atoms with Crippen LogP contribution in [-0.4, -0.2) is 34.3 Å². The van der Waals surface area contributed by atoms with Crippen molar-refractivity contribution in [2.24, 2.45) is 0 Å². The van der Waals surface area contributed by atoms with E-state index in [1.807, 2.05) is 30.3 Å². The molecule has 0 unspecified atom stereocenters. The number of aromatic nitrogens is 1. The summed E-state index contributed by atoms with van der Waals surface area (Å²) in [4.78, 5) is 0.0227. The van der Waals surface area contributed by atoms with Gasteiger partial charge >= 0.3 is 0 Å². The largest absolute Gasteiger partial charge is 0.497 e. The van der Waals surface area contributed by atoms with Gasteiger partial charge in [0, 0.05) is 30.7 Å². The summed E-state index contributed by atoms with van der Waals surface area (Å²) < 4.78 is 43.3. The molecule has 8 heteroatoms. The highest BCUT2D eigenvalue weighted by molar-refractivity contribution is 7.89. The van der Waals surface area contributed by atoms with Crippen LogP contribution in [0.3, 0.4) is 0 Å². The molecule has 2 aromatic carbocycles. The molecule has 0 aliphatic heterocycles. The molecule has 1 aromatic heterocycles. The van der Waals surface area contributed by atoms with Crippen molar-refractivity contribution in [2.45, 2.75) is 11.3 Å². The van der Waals surface area contributed by atoms with Crippen molar-refractivity contribution < 1.29 is 22.4 Å². The molecule has 0 atom stereocenters. The van der Waals surface area contributed by atoms with Crippen LogP contribution in [0.15, 0.2) is 64.0 Å². The maximum absolute atomic E-state index is 12.6. The lowest BCUT2D eigenvalue weighted by Crippen LogP contribution is -2.26. The topological polar surface area (TPSA) is 90.7 Å². The lowest BCUT2D eigenvalue weighted by atomic mass is 10.1. The predicted octanol–water partition coefficient (Wildman–Crippen LogP) is 2.88. The van der Waals surface area contributed by atoms with Crippen LogP contribution in [-0.2, 0) is 16.4 Å². The third-order valence-electron chi connectivity index (χ3n) is 3.95. The minimum absolute atomic E-state index is 0.0227. The molecule has 0 fully saturated rings. The minimum Gasteiger partial charge on any atom is -0.497 e. The van der Waals surface area contributed by atoms with Gasteiger partial charge in [-0.3, -0.25) is 0 Å². The number of hydrogen-bond acceptors (Lipinski definition) is 6. The van der Waals surface area contributed by atoms with E-state index in [9.17, 15) is 8.42 Å². The SMILES string of the molecule is COc1ccc(OC)c(S(=O)(=O)NCCc2cc(-c3ccccc3)on2)c1. The van der Waals surface area contributed by atoms with Gasteiger partial charge in [0.15, 0.2) is 5.76 Å². The number of methoxy groups -OCH3 is 2. The molecule has 0 saturated heterocycles. The molecule has 27 heavy (non-hydrogen) atoms. The summed E-state index contributed by atoms with van der Waals surface area (Å²) in [7, 11) is -0.874. The lowest BCUT2D eigenvalue weighted by Gasteiger charge is -2.11. The zero-order valence-electron chi connectivity index (χ0n) is 15.0. The van der Waals surface area contributed by atoms with Crippen molar-refractivity contribution in [1.29, 1.82) is 0 Å². The zero-order chi connectivity index (χ0) is 19.3. The first kappa shape index (κ1) is 18.9. The molecule has 7 nitrogen and oxygen atoms in total. The number of nitrogens with one attached hydrogen (secondary N) is 1. The Labute approximate surface area is 158 Å². The number of rotatable bonds is 8. The van der Waals surface area contributed by atoms with E-state index in [1.165, 1.54) is 20.3 Å².